The molecule has 0 radical (unpaired) electrons. The number of phenols is 4. The predicted octanol–water partition coefficient (Wildman–Crippen LogP) is -0.338. The van der Waals surface area contributed by atoms with Gasteiger partial charge >= 0.3 is 5.97 Å². The van der Waals surface area contributed by atoms with Crippen LogP contribution in [0.2, 0.25) is 0 Å². The second-order valence-electron chi connectivity index (χ2n) is 7.60. The zero-order chi connectivity index (χ0) is 24.1. The first-order chi connectivity index (χ1) is 15.7. The monoisotopic (exact) mass is 466 g/mol. The third kappa shape index (κ3) is 6.03. The standard InChI is InChI=1S/C22H26O11/c23-10-17-19(29)20(30)21(33-18(28)9-12-2-4-14(25)16(27)8-12)22(32-17)31-6-5-11-1-3-13(24)15(26)7-11/h1-4,7-8,17,19-27,29-30H,5-6,9-10H2. The highest BCUT2D eigenvalue weighted by atomic mass is 16.7. The van der Waals surface area contributed by atoms with Gasteiger partial charge in [-0.3, -0.25) is 4.79 Å². The number of aliphatic hydroxyl groups is 3. The van der Waals surface area contributed by atoms with Crippen LogP contribution in [0.1, 0.15) is 11.1 Å². The predicted molar refractivity (Wildman–Crippen MR) is 111 cm³/mol. The summed E-state index contributed by atoms with van der Waals surface area (Å²) < 4.78 is 16.4. The average molecular weight is 466 g/mol. The topological polar surface area (TPSA) is 186 Å². The highest BCUT2D eigenvalue weighted by Crippen LogP contribution is 2.28. The summed E-state index contributed by atoms with van der Waals surface area (Å²) in [6, 6.07) is 8.03. The second kappa shape index (κ2) is 10.7. The van der Waals surface area contributed by atoms with Gasteiger partial charge in [0.2, 0.25) is 0 Å². The van der Waals surface area contributed by atoms with Gasteiger partial charge in [-0.05, 0) is 41.8 Å². The lowest BCUT2D eigenvalue weighted by atomic mass is 9.99. The van der Waals surface area contributed by atoms with E-state index in [1.54, 1.807) is 6.07 Å². The summed E-state index contributed by atoms with van der Waals surface area (Å²) >= 11 is 0. The summed E-state index contributed by atoms with van der Waals surface area (Å²) in [6.07, 6.45) is -7.11. The molecule has 1 aliphatic rings. The molecule has 180 valence electrons. The molecule has 0 amide bonds. The molecule has 0 aromatic heterocycles. The van der Waals surface area contributed by atoms with Crippen LogP contribution < -0.4 is 0 Å². The van der Waals surface area contributed by atoms with Crippen molar-refractivity contribution in [2.24, 2.45) is 0 Å². The molecule has 33 heavy (non-hydrogen) atoms. The zero-order valence-corrected chi connectivity index (χ0v) is 17.4. The minimum atomic E-state index is -1.62. The molecule has 5 atom stereocenters. The number of carbonyl (C=O) groups excluding carboxylic acids is 1. The number of carbonyl (C=O) groups is 1. The molecule has 3 rings (SSSR count). The first-order valence-electron chi connectivity index (χ1n) is 10.1. The minimum absolute atomic E-state index is 0.00424. The molecule has 5 unspecified atom stereocenters. The minimum Gasteiger partial charge on any atom is -0.504 e. The molecule has 1 saturated heterocycles. The van der Waals surface area contributed by atoms with Crippen LogP contribution in [0, 0.1) is 0 Å². The summed E-state index contributed by atoms with van der Waals surface area (Å²) in [7, 11) is 0. The summed E-state index contributed by atoms with van der Waals surface area (Å²) in [6.45, 7) is -0.618. The number of rotatable bonds is 8. The van der Waals surface area contributed by atoms with Gasteiger partial charge in [0.05, 0.1) is 19.6 Å². The summed E-state index contributed by atoms with van der Waals surface area (Å²) in [4.78, 5) is 12.4. The average Bonchev–Trinajstić information content (AvgIpc) is 2.78. The lowest BCUT2D eigenvalue weighted by Crippen LogP contribution is -2.60. The number of esters is 1. The van der Waals surface area contributed by atoms with Gasteiger partial charge in [0, 0.05) is 0 Å². The number of phenolic OH excluding ortho intramolecular Hbond substituents is 4. The third-order valence-electron chi connectivity index (χ3n) is 5.19. The molecule has 11 heteroatoms. The number of aromatic hydroxyl groups is 4. The number of benzene rings is 2. The highest BCUT2D eigenvalue weighted by molar-refractivity contribution is 5.73. The van der Waals surface area contributed by atoms with Crippen LogP contribution in [0.5, 0.6) is 23.0 Å². The lowest BCUT2D eigenvalue weighted by Gasteiger charge is -2.41. The van der Waals surface area contributed by atoms with E-state index in [9.17, 15) is 40.5 Å². The van der Waals surface area contributed by atoms with Crippen molar-refractivity contribution in [2.45, 2.75) is 43.5 Å². The number of aliphatic hydroxyl groups excluding tert-OH is 3. The Morgan fingerprint density at radius 2 is 1.48 bits per heavy atom. The molecule has 0 bridgehead atoms. The fraction of sp³-hybridized carbons (Fsp3) is 0.409. The smallest absolute Gasteiger partial charge is 0.310 e. The molecule has 1 aliphatic heterocycles. The van der Waals surface area contributed by atoms with E-state index in [1.165, 1.54) is 30.3 Å². The molecule has 0 saturated carbocycles. The van der Waals surface area contributed by atoms with Crippen molar-refractivity contribution in [2.75, 3.05) is 13.2 Å². The maximum absolute atomic E-state index is 12.4. The van der Waals surface area contributed by atoms with Crippen molar-refractivity contribution in [1.82, 2.24) is 0 Å². The Morgan fingerprint density at radius 3 is 2.09 bits per heavy atom. The Hall–Kier alpha value is -3.09. The van der Waals surface area contributed by atoms with E-state index in [2.05, 4.69) is 0 Å². The molecule has 1 heterocycles. The summed E-state index contributed by atoms with van der Waals surface area (Å²) in [5, 5.41) is 67.9. The Kier molecular flexibility index (Phi) is 7.95. The van der Waals surface area contributed by atoms with Gasteiger partial charge in [0.15, 0.2) is 35.4 Å². The maximum Gasteiger partial charge on any atom is 0.310 e. The van der Waals surface area contributed by atoms with Crippen LogP contribution >= 0.6 is 0 Å². The van der Waals surface area contributed by atoms with E-state index in [0.29, 0.717) is 11.1 Å². The Bertz CT molecular complexity index is 963. The van der Waals surface area contributed by atoms with Crippen LogP contribution in [-0.2, 0) is 31.8 Å². The lowest BCUT2D eigenvalue weighted by molar-refractivity contribution is -0.304. The number of ether oxygens (including phenoxy) is 3. The van der Waals surface area contributed by atoms with Gasteiger partial charge in [-0.15, -0.1) is 0 Å². The van der Waals surface area contributed by atoms with Crippen molar-refractivity contribution in [3.8, 4) is 23.0 Å². The summed E-state index contributed by atoms with van der Waals surface area (Å²) in [5.74, 6) is -2.15. The van der Waals surface area contributed by atoms with Gasteiger partial charge in [0.1, 0.15) is 18.3 Å². The first-order valence-corrected chi connectivity index (χ1v) is 10.1. The first kappa shape index (κ1) is 24.6. The molecular formula is C22H26O11. The largest absolute Gasteiger partial charge is 0.504 e. The molecule has 0 aliphatic carbocycles. The van der Waals surface area contributed by atoms with E-state index in [1.807, 2.05) is 0 Å². The van der Waals surface area contributed by atoms with Gasteiger partial charge in [0.25, 0.3) is 0 Å². The van der Waals surface area contributed by atoms with Crippen LogP contribution in [0.25, 0.3) is 0 Å². The Balaban J connectivity index is 1.66. The fourth-order valence-corrected chi connectivity index (χ4v) is 3.37. The van der Waals surface area contributed by atoms with E-state index >= 15 is 0 Å². The normalized spacial score (nSPS) is 25.0. The van der Waals surface area contributed by atoms with Crippen LogP contribution in [0.15, 0.2) is 36.4 Å². The number of hydrogen-bond acceptors (Lipinski definition) is 11. The second-order valence-corrected chi connectivity index (χ2v) is 7.60. The van der Waals surface area contributed by atoms with E-state index in [0.717, 1.165) is 0 Å². The third-order valence-corrected chi connectivity index (χ3v) is 5.19. The van der Waals surface area contributed by atoms with Crippen molar-refractivity contribution >= 4 is 5.97 Å². The molecule has 1 fully saturated rings. The van der Waals surface area contributed by atoms with Crippen molar-refractivity contribution in [3.63, 3.8) is 0 Å². The van der Waals surface area contributed by atoms with Gasteiger partial charge in [-0.1, -0.05) is 12.1 Å². The van der Waals surface area contributed by atoms with Crippen LogP contribution in [0.4, 0.5) is 0 Å². The highest BCUT2D eigenvalue weighted by Gasteiger charge is 2.47. The molecule has 11 nitrogen and oxygen atoms in total. The van der Waals surface area contributed by atoms with Gasteiger partial charge < -0.3 is 50.0 Å². The number of hydrogen-bond donors (Lipinski definition) is 7. The Labute approximate surface area is 188 Å². The molecular weight excluding hydrogens is 440 g/mol. The van der Waals surface area contributed by atoms with E-state index in [-0.39, 0.29) is 36.7 Å². The fourth-order valence-electron chi connectivity index (χ4n) is 3.37. The molecule has 2 aromatic rings. The SMILES string of the molecule is O=C(Cc1ccc(O)c(O)c1)OC1C(OCCc2ccc(O)c(O)c2)OC(CO)C(O)C1O. The van der Waals surface area contributed by atoms with Crippen molar-refractivity contribution < 1.29 is 54.8 Å². The van der Waals surface area contributed by atoms with Crippen molar-refractivity contribution in [1.29, 1.82) is 0 Å². The molecule has 7 N–H and O–H groups in total. The van der Waals surface area contributed by atoms with Crippen molar-refractivity contribution in [3.05, 3.63) is 47.5 Å². The van der Waals surface area contributed by atoms with E-state index < -0.39 is 49.0 Å². The Morgan fingerprint density at radius 1 is 0.879 bits per heavy atom. The van der Waals surface area contributed by atoms with Crippen LogP contribution in [0.3, 0.4) is 0 Å². The quantitative estimate of drug-likeness (QED) is 0.199. The van der Waals surface area contributed by atoms with E-state index in [4.69, 9.17) is 14.2 Å². The summed E-state index contributed by atoms with van der Waals surface area (Å²) in [5.41, 5.74) is 0.959. The molecule has 2 aromatic carbocycles. The van der Waals surface area contributed by atoms with Gasteiger partial charge in [-0.2, -0.15) is 0 Å². The van der Waals surface area contributed by atoms with Crippen LogP contribution in [-0.4, -0.2) is 85.6 Å². The van der Waals surface area contributed by atoms with Gasteiger partial charge in [-0.25, -0.2) is 0 Å². The molecule has 0 spiro atoms. The zero-order valence-electron chi connectivity index (χ0n) is 17.4. The maximum atomic E-state index is 12.4.